The lowest BCUT2D eigenvalue weighted by molar-refractivity contribution is -0.148. The van der Waals surface area contributed by atoms with Crippen LogP contribution >= 0.6 is 23.4 Å². The summed E-state index contributed by atoms with van der Waals surface area (Å²) in [6.07, 6.45) is -4.37. The van der Waals surface area contributed by atoms with Crippen molar-refractivity contribution in [2.24, 2.45) is 0 Å². The summed E-state index contributed by atoms with van der Waals surface area (Å²) < 4.78 is 55.5. The fraction of sp³-hybridized carbons (Fsp3) is 0.263. The molecule has 5 nitrogen and oxygen atoms in total. The quantitative estimate of drug-likeness (QED) is 0.536. The summed E-state index contributed by atoms with van der Waals surface area (Å²) in [5, 5.41) is -1.33. The van der Waals surface area contributed by atoms with Gasteiger partial charge < -0.3 is 14.2 Å². The van der Waals surface area contributed by atoms with Gasteiger partial charge in [-0.3, -0.25) is 4.79 Å². The van der Waals surface area contributed by atoms with E-state index in [1.807, 2.05) is 0 Å². The minimum Gasteiger partial charge on any atom is -0.475 e. The Hall–Kier alpha value is -2.39. The predicted octanol–water partition coefficient (Wildman–Crippen LogP) is 5.59. The predicted molar refractivity (Wildman–Crippen MR) is 103 cm³/mol. The van der Waals surface area contributed by atoms with Crippen molar-refractivity contribution in [3.63, 3.8) is 0 Å². The van der Waals surface area contributed by atoms with Crippen molar-refractivity contribution in [2.45, 2.75) is 19.2 Å². The van der Waals surface area contributed by atoms with Gasteiger partial charge in [0.2, 0.25) is 5.12 Å². The lowest BCUT2D eigenvalue weighted by atomic mass is 10.1. The van der Waals surface area contributed by atoms with Crippen LogP contribution < -0.4 is 9.47 Å². The molecule has 1 atom stereocenters. The van der Waals surface area contributed by atoms with Gasteiger partial charge in [0.25, 0.3) is 0 Å². The van der Waals surface area contributed by atoms with Crippen molar-refractivity contribution in [3.8, 4) is 17.2 Å². The highest BCUT2D eigenvalue weighted by Gasteiger charge is 2.37. The molecular weight excluding hydrogens is 433 g/mol. The molecule has 0 saturated carbocycles. The molecule has 2 aromatic rings. The average Bonchev–Trinajstić information content (AvgIpc) is 2.68. The number of thioether (sulfide) groups is 1. The van der Waals surface area contributed by atoms with Crippen molar-refractivity contribution in [2.75, 3.05) is 13.4 Å². The van der Waals surface area contributed by atoms with Crippen molar-refractivity contribution < 1.29 is 37.0 Å². The molecule has 156 valence electrons. The van der Waals surface area contributed by atoms with Gasteiger partial charge in [0.15, 0.2) is 17.6 Å². The van der Waals surface area contributed by atoms with E-state index >= 15 is 0 Å². The molecule has 0 aliphatic heterocycles. The lowest BCUT2D eigenvalue weighted by Gasteiger charge is -2.18. The Bertz CT molecular complexity index is 917. The Kier molecular flexibility index (Phi) is 7.43. The first-order chi connectivity index (χ1) is 13.6. The van der Waals surface area contributed by atoms with E-state index in [-0.39, 0.29) is 17.2 Å². The number of ether oxygens (including phenoxy) is 3. The summed E-state index contributed by atoms with van der Waals surface area (Å²) >= 11 is 6.70. The maximum absolute atomic E-state index is 13.3. The summed E-state index contributed by atoms with van der Waals surface area (Å²) in [4.78, 5) is 23.6. The molecule has 0 aliphatic rings. The maximum Gasteiger partial charge on any atom is 0.417 e. The first-order valence-electron chi connectivity index (χ1n) is 8.09. The third-order valence-corrected chi connectivity index (χ3v) is 4.66. The first kappa shape index (κ1) is 22.9. The van der Waals surface area contributed by atoms with Crippen LogP contribution in [0.1, 0.15) is 22.8 Å². The molecule has 0 radical (unpaired) electrons. The molecule has 2 aromatic carbocycles. The van der Waals surface area contributed by atoms with E-state index in [4.69, 9.17) is 21.1 Å². The van der Waals surface area contributed by atoms with Crippen molar-refractivity contribution in [1.82, 2.24) is 0 Å². The Balaban J connectivity index is 2.46. The number of methoxy groups -OCH3 is 1. The largest absolute Gasteiger partial charge is 0.475 e. The molecule has 29 heavy (non-hydrogen) atoms. The molecule has 0 N–H and O–H groups in total. The van der Waals surface area contributed by atoms with Crippen LogP contribution in [0.2, 0.25) is 5.02 Å². The fourth-order valence-electron chi connectivity index (χ4n) is 2.33. The van der Waals surface area contributed by atoms with Crippen LogP contribution in [0, 0.1) is 0 Å². The molecule has 10 heteroatoms. The Morgan fingerprint density at radius 2 is 1.69 bits per heavy atom. The minimum absolute atomic E-state index is 0.0902. The van der Waals surface area contributed by atoms with Crippen LogP contribution in [0.3, 0.4) is 0 Å². The molecule has 0 amide bonds. The van der Waals surface area contributed by atoms with Crippen LogP contribution in [0.25, 0.3) is 0 Å². The van der Waals surface area contributed by atoms with Gasteiger partial charge >= 0.3 is 12.1 Å². The second-order valence-electron chi connectivity index (χ2n) is 5.62. The number of hydrogen-bond acceptors (Lipinski definition) is 6. The SMILES string of the molecule is COC(=O)C(C)Oc1ccccc1Oc1ccc(C(F)(F)F)c(C(=O)SC)c1Cl. The number of carbonyl (C=O) groups is 2. The second-order valence-corrected chi connectivity index (χ2v) is 6.78. The van der Waals surface area contributed by atoms with E-state index in [0.717, 1.165) is 12.1 Å². The average molecular weight is 449 g/mol. The van der Waals surface area contributed by atoms with E-state index in [9.17, 15) is 22.8 Å². The Labute approximate surface area is 174 Å². The van der Waals surface area contributed by atoms with Gasteiger partial charge in [-0.1, -0.05) is 35.5 Å². The van der Waals surface area contributed by atoms with E-state index in [0.29, 0.717) is 11.8 Å². The molecule has 0 spiro atoms. The van der Waals surface area contributed by atoms with Gasteiger partial charge in [0.05, 0.1) is 23.3 Å². The third-order valence-electron chi connectivity index (χ3n) is 3.71. The highest BCUT2D eigenvalue weighted by molar-refractivity contribution is 8.13. The van der Waals surface area contributed by atoms with Gasteiger partial charge in [0, 0.05) is 0 Å². The lowest BCUT2D eigenvalue weighted by Crippen LogP contribution is -2.25. The van der Waals surface area contributed by atoms with Gasteiger partial charge in [-0.05, 0) is 37.4 Å². The van der Waals surface area contributed by atoms with Gasteiger partial charge in [0.1, 0.15) is 5.75 Å². The highest BCUT2D eigenvalue weighted by Crippen LogP contribution is 2.43. The number of benzene rings is 2. The summed E-state index contributed by atoms with van der Waals surface area (Å²) in [7, 11) is 1.21. The number of alkyl halides is 3. The van der Waals surface area contributed by atoms with E-state index in [2.05, 4.69) is 4.74 Å². The van der Waals surface area contributed by atoms with Crippen LogP contribution in [0.4, 0.5) is 13.2 Å². The molecule has 0 aliphatic carbocycles. The topological polar surface area (TPSA) is 61.8 Å². The minimum atomic E-state index is -4.76. The standard InChI is InChI=1S/C19H16ClF3O5S/c1-10(17(24)26-2)27-12-6-4-5-7-13(12)28-14-9-8-11(19(21,22)23)15(16(14)20)18(25)29-3/h4-10H,1-3H3. The molecule has 0 aromatic heterocycles. The number of halogens is 4. The van der Waals surface area contributed by atoms with Crippen molar-refractivity contribution in [3.05, 3.63) is 52.5 Å². The number of carbonyl (C=O) groups excluding carboxylic acids is 2. The van der Waals surface area contributed by atoms with Crippen LogP contribution in [0.5, 0.6) is 17.2 Å². The van der Waals surface area contributed by atoms with E-state index < -0.39 is 39.5 Å². The van der Waals surface area contributed by atoms with Crippen LogP contribution in [-0.4, -0.2) is 30.6 Å². The third kappa shape index (κ3) is 5.36. The summed E-state index contributed by atoms with van der Waals surface area (Å²) in [5.74, 6) is -0.564. The molecule has 2 rings (SSSR count). The van der Waals surface area contributed by atoms with Crippen molar-refractivity contribution in [1.29, 1.82) is 0 Å². The Morgan fingerprint density at radius 1 is 1.07 bits per heavy atom. The number of rotatable bonds is 6. The molecule has 0 fully saturated rings. The zero-order chi connectivity index (χ0) is 21.8. The molecule has 0 saturated heterocycles. The number of para-hydroxylation sites is 2. The summed E-state index contributed by atoms with van der Waals surface area (Å²) in [6, 6.07) is 7.93. The maximum atomic E-state index is 13.3. The fourth-order valence-corrected chi connectivity index (χ4v) is 3.09. The first-order valence-corrected chi connectivity index (χ1v) is 9.69. The zero-order valence-electron chi connectivity index (χ0n) is 15.5. The molecule has 0 heterocycles. The van der Waals surface area contributed by atoms with Gasteiger partial charge in [-0.25, -0.2) is 4.79 Å². The number of hydrogen-bond donors (Lipinski definition) is 0. The van der Waals surface area contributed by atoms with Crippen LogP contribution in [0.15, 0.2) is 36.4 Å². The highest BCUT2D eigenvalue weighted by atomic mass is 35.5. The Morgan fingerprint density at radius 3 is 2.24 bits per heavy atom. The summed E-state index contributed by atoms with van der Waals surface area (Å²) in [5.41, 5.74) is -1.84. The molecule has 1 unspecified atom stereocenters. The number of esters is 1. The van der Waals surface area contributed by atoms with Gasteiger partial charge in [-0.2, -0.15) is 13.2 Å². The zero-order valence-corrected chi connectivity index (χ0v) is 17.1. The van der Waals surface area contributed by atoms with Crippen LogP contribution in [-0.2, 0) is 15.7 Å². The summed E-state index contributed by atoms with van der Waals surface area (Å²) in [6.45, 7) is 1.46. The van der Waals surface area contributed by atoms with E-state index in [1.54, 1.807) is 12.1 Å². The second kappa shape index (κ2) is 9.41. The van der Waals surface area contributed by atoms with Gasteiger partial charge in [-0.15, -0.1) is 0 Å². The normalized spacial score (nSPS) is 12.2. The van der Waals surface area contributed by atoms with E-state index in [1.165, 1.54) is 32.4 Å². The molecular formula is C19H16ClF3O5S. The van der Waals surface area contributed by atoms with Crippen molar-refractivity contribution >= 4 is 34.4 Å². The molecule has 0 bridgehead atoms. The smallest absolute Gasteiger partial charge is 0.417 e. The monoisotopic (exact) mass is 448 g/mol.